The number of rotatable bonds is 8. The predicted molar refractivity (Wildman–Crippen MR) is 84.6 cm³/mol. The first-order chi connectivity index (χ1) is 10.2. The van der Waals surface area contributed by atoms with Crippen molar-refractivity contribution in [3.63, 3.8) is 0 Å². The van der Waals surface area contributed by atoms with Gasteiger partial charge in [0.15, 0.2) is 0 Å². The van der Waals surface area contributed by atoms with Crippen molar-refractivity contribution in [2.24, 2.45) is 0 Å². The molecule has 2 aromatic rings. The second-order valence-electron chi connectivity index (χ2n) is 5.49. The molecule has 2 rings (SSSR count). The minimum absolute atomic E-state index is 0.0100. The van der Waals surface area contributed by atoms with E-state index in [1.807, 2.05) is 0 Å². The third-order valence-corrected chi connectivity index (χ3v) is 3.84. The molecule has 0 unspecified atom stereocenters. The highest BCUT2D eigenvalue weighted by Gasteiger charge is 2.13. The normalized spacial score (nSPS) is 11.1. The number of hydrogen-bond donors (Lipinski definition) is 1. The van der Waals surface area contributed by atoms with E-state index in [1.54, 1.807) is 0 Å². The van der Waals surface area contributed by atoms with Gasteiger partial charge in [0, 0.05) is 6.54 Å². The largest absolute Gasteiger partial charge is 0.481 e. The summed E-state index contributed by atoms with van der Waals surface area (Å²) in [7, 11) is 0. The summed E-state index contributed by atoms with van der Waals surface area (Å²) in [6.07, 6.45) is 5.63. The second kappa shape index (κ2) is 7.25. The summed E-state index contributed by atoms with van der Waals surface area (Å²) < 4.78 is 2.08. The van der Waals surface area contributed by atoms with Crippen LogP contribution in [0.3, 0.4) is 0 Å². The molecule has 0 fully saturated rings. The zero-order chi connectivity index (χ0) is 15.2. The summed E-state index contributed by atoms with van der Waals surface area (Å²) in [4.78, 5) is 15.6. The van der Waals surface area contributed by atoms with Gasteiger partial charge in [-0.1, -0.05) is 39.2 Å². The fraction of sp³-hybridized carbons (Fsp3) is 0.529. The Kier molecular flexibility index (Phi) is 5.37. The molecule has 0 aliphatic heterocycles. The van der Waals surface area contributed by atoms with Crippen molar-refractivity contribution in [1.82, 2.24) is 9.55 Å². The first-order valence-corrected chi connectivity index (χ1v) is 7.85. The Morgan fingerprint density at radius 3 is 2.71 bits per heavy atom. The van der Waals surface area contributed by atoms with Crippen molar-refractivity contribution in [1.29, 1.82) is 0 Å². The van der Waals surface area contributed by atoms with Crippen LogP contribution in [0.4, 0.5) is 0 Å². The molecule has 1 N–H and O–H groups in total. The molecule has 0 aliphatic carbocycles. The van der Waals surface area contributed by atoms with E-state index < -0.39 is 5.97 Å². The first-order valence-electron chi connectivity index (χ1n) is 7.85. The molecule has 0 bridgehead atoms. The Morgan fingerprint density at radius 2 is 2.05 bits per heavy atom. The van der Waals surface area contributed by atoms with E-state index in [1.165, 1.54) is 24.8 Å². The number of carboxylic acids is 1. The number of unbranched alkanes of at least 4 members (excludes halogenated alkanes) is 3. The van der Waals surface area contributed by atoms with Crippen LogP contribution in [0.2, 0.25) is 0 Å². The van der Waals surface area contributed by atoms with Crippen LogP contribution in [0.25, 0.3) is 11.0 Å². The molecule has 0 radical (unpaired) electrons. The van der Waals surface area contributed by atoms with Crippen LogP contribution < -0.4 is 0 Å². The molecule has 0 amide bonds. The third kappa shape index (κ3) is 3.84. The summed E-state index contributed by atoms with van der Waals surface area (Å²) in [6, 6.07) is 6.26. The van der Waals surface area contributed by atoms with Gasteiger partial charge in [-0.2, -0.15) is 0 Å². The Labute approximate surface area is 125 Å². The summed E-state index contributed by atoms with van der Waals surface area (Å²) in [5.41, 5.74) is 3.21. The van der Waals surface area contributed by atoms with Gasteiger partial charge in [-0.25, -0.2) is 4.98 Å². The van der Waals surface area contributed by atoms with Crippen molar-refractivity contribution >= 4 is 17.0 Å². The molecule has 4 nitrogen and oxygen atoms in total. The van der Waals surface area contributed by atoms with Gasteiger partial charge in [-0.3, -0.25) is 4.79 Å². The Hall–Kier alpha value is -1.84. The number of imidazole rings is 1. The number of hydrogen-bond acceptors (Lipinski definition) is 2. The lowest BCUT2D eigenvalue weighted by molar-refractivity contribution is -0.136. The second-order valence-corrected chi connectivity index (χ2v) is 5.49. The topological polar surface area (TPSA) is 55.1 Å². The van der Waals surface area contributed by atoms with Gasteiger partial charge < -0.3 is 9.67 Å². The van der Waals surface area contributed by atoms with Gasteiger partial charge in [0.1, 0.15) is 12.2 Å². The highest BCUT2D eigenvalue weighted by molar-refractivity contribution is 5.78. The Morgan fingerprint density at radius 1 is 1.24 bits per heavy atom. The molecule has 0 aliphatic rings. The molecule has 114 valence electrons. The molecule has 0 saturated carbocycles. The third-order valence-electron chi connectivity index (χ3n) is 3.84. The van der Waals surface area contributed by atoms with Gasteiger partial charge in [0.05, 0.1) is 11.0 Å². The van der Waals surface area contributed by atoms with Gasteiger partial charge in [-0.05, 0) is 30.5 Å². The lowest BCUT2D eigenvalue weighted by Crippen LogP contribution is -2.09. The lowest BCUT2D eigenvalue weighted by atomic mass is 10.1. The van der Waals surface area contributed by atoms with E-state index >= 15 is 0 Å². The van der Waals surface area contributed by atoms with E-state index in [9.17, 15) is 4.79 Å². The molecule has 1 aromatic heterocycles. The van der Waals surface area contributed by atoms with Gasteiger partial charge in [0.25, 0.3) is 0 Å². The average molecular weight is 288 g/mol. The average Bonchev–Trinajstić information content (AvgIpc) is 2.79. The van der Waals surface area contributed by atoms with Crippen molar-refractivity contribution in [2.45, 2.75) is 58.9 Å². The number of nitrogens with zero attached hydrogens (tertiary/aromatic N) is 2. The van der Waals surface area contributed by atoms with Crippen LogP contribution in [0, 0.1) is 0 Å². The number of carbonyl (C=O) groups is 1. The Bertz CT molecular complexity index is 617. The quantitative estimate of drug-likeness (QED) is 0.752. The highest BCUT2D eigenvalue weighted by Crippen LogP contribution is 2.20. The molecule has 0 atom stereocenters. The molecular weight excluding hydrogens is 264 g/mol. The number of aryl methyl sites for hydroxylation is 2. The Balaban J connectivity index is 2.30. The van der Waals surface area contributed by atoms with Crippen molar-refractivity contribution < 1.29 is 9.90 Å². The number of aliphatic carboxylic acids is 1. The van der Waals surface area contributed by atoms with Crippen LogP contribution in [-0.2, 0) is 24.2 Å². The zero-order valence-electron chi connectivity index (χ0n) is 12.9. The van der Waals surface area contributed by atoms with Crippen molar-refractivity contribution in [3.8, 4) is 0 Å². The van der Waals surface area contributed by atoms with Crippen molar-refractivity contribution in [2.75, 3.05) is 0 Å². The van der Waals surface area contributed by atoms with Gasteiger partial charge >= 0.3 is 5.97 Å². The van der Waals surface area contributed by atoms with E-state index in [2.05, 4.69) is 41.6 Å². The molecule has 1 heterocycles. The van der Waals surface area contributed by atoms with Crippen LogP contribution in [-0.4, -0.2) is 20.6 Å². The molecule has 4 heteroatoms. The van der Waals surface area contributed by atoms with Crippen LogP contribution in [0.1, 0.15) is 50.9 Å². The summed E-state index contributed by atoms with van der Waals surface area (Å²) in [5, 5.41) is 9.07. The minimum atomic E-state index is -0.823. The predicted octanol–water partition coefficient (Wildman–Crippen LogP) is 3.81. The van der Waals surface area contributed by atoms with E-state index in [0.29, 0.717) is 5.82 Å². The van der Waals surface area contributed by atoms with Crippen LogP contribution >= 0.6 is 0 Å². The van der Waals surface area contributed by atoms with Gasteiger partial charge in [-0.15, -0.1) is 0 Å². The van der Waals surface area contributed by atoms with E-state index in [0.717, 1.165) is 30.4 Å². The maximum Gasteiger partial charge on any atom is 0.311 e. The minimum Gasteiger partial charge on any atom is -0.481 e. The smallest absolute Gasteiger partial charge is 0.311 e. The van der Waals surface area contributed by atoms with E-state index in [-0.39, 0.29) is 6.42 Å². The van der Waals surface area contributed by atoms with Crippen LogP contribution in [0.5, 0.6) is 0 Å². The zero-order valence-corrected chi connectivity index (χ0v) is 12.9. The molecule has 0 saturated heterocycles. The summed E-state index contributed by atoms with van der Waals surface area (Å²) >= 11 is 0. The number of carboxylic acid groups (broad SMARTS) is 1. The SMILES string of the molecule is CCCCCCn1c(CC(=O)O)nc2cc(CC)ccc21. The molecule has 0 spiro atoms. The maximum absolute atomic E-state index is 11.0. The first kappa shape index (κ1) is 15.5. The maximum atomic E-state index is 11.0. The summed E-state index contributed by atoms with van der Waals surface area (Å²) in [6.45, 7) is 5.15. The lowest BCUT2D eigenvalue weighted by Gasteiger charge is -2.08. The number of fused-ring (bicyclic) bond motifs is 1. The standard InChI is InChI=1S/C17H24N2O2/c1-3-5-6-7-10-19-15-9-8-13(4-2)11-14(15)18-16(19)12-17(20)21/h8-9,11H,3-7,10,12H2,1-2H3,(H,20,21). The fourth-order valence-electron chi connectivity index (χ4n) is 2.66. The van der Waals surface area contributed by atoms with E-state index in [4.69, 9.17) is 5.11 Å². The number of aromatic nitrogens is 2. The fourth-order valence-corrected chi connectivity index (χ4v) is 2.66. The molecule has 1 aromatic carbocycles. The highest BCUT2D eigenvalue weighted by atomic mass is 16.4. The monoisotopic (exact) mass is 288 g/mol. The number of benzene rings is 1. The molecular formula is C17H24N2O2. The van der Waals surface area contributed by atoms with Crippen molar-refractivity contribution in [3.05, 3.63) is 29.6 Å². The van der Waals surface area contributed by atoms with Gasteiger partial charge in [0.2, 0.25) is 0 Å². The molecule has 21 heavy (non-hydrogen) atoms. The summed E-state index contributed by atoms with van der Waals surface area (Å²) in [5.74, 6) is -0.155. The van der Waals surface area contributed by atoms with Crippen LogP contribution in [0.15, 0.2) is 18.2 Å².